The molecule has 0 heterocycles. The van der Waals surface area contributed by atoms with E-state index >= 15 is 0 Å². The van der Waals surface area contributed by atoms with E-state index < -0.39 is 15.8 Å². The molecule has 1 aromatic carbocycles. The molecule has 0 spiro atoms. The number of benzene rings is 1. The second kappa shape index (κ2) is 5.57. The first-order valence-electron chi connectivity index (χ1n) is 5.27. The molecular formula is C11H17FN2O2S. The summed E-state index contributed by atoms with van der Waals surface area (Å²) in [5, 5.41) is 0. The van der Waals surface area contributed by atoms with E-state index in [2.05, 4.69) is 0 Å². The van der Waals surface area contributed by atoms with Gasteiger partial charge >= 0.3 is 0 Å². The molecule has 0 saturated carbocycles. The van der Waals surface area contributed by atoms with Crippen LogP contribution in [0.5, 0.6) is 0 Å². The first-order chi connectivity index (χ1) is 7.86. The molecular weight excluding hydrogens is 243 g/mol. The number of hydrogen-bond donors (Lipinski definition) is 1. The fourth-order valence-electron chi connectivity index (χ4n) is 1.36. The summed E-state index contributed by atoms with van der Waals surface area (Å²) in [4.78, 5) is 0. The summed E-state index contributed by atoms with van der Waals surface area (Å²) < 4.78 is 38.1. The van der Waals surface area contributed by atoms with Crippen molar-refractivity contribution < 1.29 is 12.8 Å². The highest BCUT2D eigenvalue weighted by Gasteiger charge is 2.22. The molecule has 2 N–H and O–H groups in total. The minimum Gasteiger partial charge on any atom is -0.329 e. The fraction of sp³-hybridized carbons (Fsp3) is 0.455. The van der Waals surface area contributed by atoms with Crippen molar-refractivity contribution in [3.63, 3.8) is 0 Å². The lowest BCUT2D eigenvalue weighted by atomic mass is 10.2. The molecule has 96 valence electrons. The Kier molecular flexibility index (Phi) is 4.62. The van der Waals surface area contributed by atoms with Gasteiger partial charge in [-0.05, 0) is 24.6 Å². The summed E-state index contributed by atoms with van der Waals surface area (Å²) >= 11 is 0. The van der Waals surface area contributed by atoms with E-state index in [1.54, 1.807) is 13.0 Å². The Morgan fingerprint density at radius 1 is 1.47 bits per heavy atom. The molecule has 0 fully saturated rings. The molecule has 0 bridgehead atoms. The van der Waals surface area contributed by atoms with Gasteiger partial charge in [0.25, 0.3) is 0 Å². The minimum atomic E-state index is -3.45. The highest BCUT2D eigenvalue weighted by atomic mass is 32.2. The molecule has 1 unspecified atom stereocenters. The maximum absolute atomic E-state index is 12.9. The summed E-state index contributed by atoms with van der Waals surface area (Å²) in [5.41, 5.74) is 5.85. The van der Waals surface area contributed by atoms with Crippen molar-refractivity contribution in [2.24, 2.45) is 5.73 Å². The quantitative estimate of drug-likeness (QED) is 0.856. The normalized spacial score (nSPS) is 13.9. The van der Waals surface area contributed by atoms with Crippen LogP contribution >= 0.6 is 0 Å². The molecule has 0 aliphatic carbocycles. The number of sulfonamides is 1. The standard InChI is InChI=1S/C11H17FN2O2S/c1-9(7-13)14(2)17(15,16)8-10-4-3-5-11(12)6-10/h3-6,9H,7-8,13H2,1-2H3. The monoisotopic (exact) mass is 260 g/mol. The smallest absolute Gasteiger partial charge is 0.218 e. The summed E-state index contributed by atoms with van der Waals surface area (Å²) in [7, 11) is -1.98. The molecule has 17 heavy (non-hydrogen) atoms. The predicted octanol–water partition coefficient (Wildman–Crippen LogP) is 0.935. The van der Waals surface area contributed by atoms with Crippen molar-refractivity contribution in [1.82, 2.24) is 4.31 Å². The summed E-state index contributed by atoms with van der Waals surface area (Å²) in [6.07, 6.45) is 0. The van der Waals surface area contributed by atoms with Crippen LogP contribution in [0.15, 0.2) is 24.3 Å². The highest BCUT2D eigenvalue weighted by molar-refractivity contribution is 7.88. The van der Waals surface area contributed by atoms with Gasteiger partial charge in [0.2, 0.25) is 10.0 Å². The first-order valence-corrected chi connectivity index (χ1v) is 6.88. The summed E-state index contributed by atoms with van der Waals surface area (Å²) in [6, 6.07) is 5.31. The van der Waals surface area contributed by atoms with Crippen LogP contribution in [0.1, 0.15) is 12.5 Å². The zero-order valence-electron chi connectivity index (χ0n) is 9.93. The van der Waals surface area contributed by atoms with Gasteiger partial charge in [0.15, 0.2) is 0 Å². The van der Waals surface area contributed by atoms with Crippen molar-refractivity contribution in [3.8, 4) is 0 Å². The molecule has 6 heteroatoms. The third kappa shape index (κ3) is 3.76. The molecule has 0 amide bonds. The highest BCUT2D eigenvalue weighted by Crippen LogP contribution is 2.12. The van der Waals surface area contributed by atoms with E-state index in [1.807, 2.05) is 0 Å². The largest absolute Gasteiger partial charge is 0.329 e. The van der Waals surface area contributed by atoms with Gasteiger partial charge in [0.1, 0.15) is 5.82 Å². The number of hydrogen-bond acceptors (Lipinski definition) is 3. The average Bonchev–Trinajstić information content (AvgIpc) is 2.26. The Bertz CT molecular complexity index is 476. The van der Waals surface area contributed by atoms with Crippen molar-refractivity contribution in [2.75, 3.05) is 13.6 Å². The molecule has 0 aromatic heterocycles. The third-order valence-electron chi connectivity index (χ3n) is 2.64. The molecule has 0 saturated heterocycles. The lowest BCUT2D eigenvalue weighted by Crippen LogP contribution is -2.40. The maximum Gasteiger partial charge on any atom is 0.218 e. The Morgan fingerprint density at radius 3 is 2.65 bits per heavy atom. The number of halogens is 1. The van der Waals surface area contributed by atoms with E-state index in [4.69, 9.17) is 5.73 Å². The lowest BCUT2D eigenvalue weighted by molar-refractivity contribution is 0.394. The number of nitrogens with two attached hydrogens (primary N) is 1. The Morgan fingerprint density at radius 2 is 2.12 bits per heavy atom. The van der Waals surface area contributed by atoms with Gasteiger partial charge in [-0.15, -0.1) is 0 Å². The molecule has 0 radical (unpaired) electrons. The summed E-state index contributed by atoms with van der Waals surface area (Å²) in [5.74, 6) is -0.654. The fourth-order valence-corrected chi connectivity index (χ4v) is 2.80. The van der Waals surface area contributed by atoms with Crippen molar-refractivity contribution >= 4 is 10.0 Å². The molecule has 0 aliphatic rings. The van der Waals surface area contributed by atoms with Crippen LogP contribution in [0.3, 0.4) is 0 Å². The van der Waals surface area contributed by atoms with Gasteiger partial charge in [0.05, 0.1) is 5.75 Å². The van der Waals surface area contributed by atoms with Crippen molar-refractivity contribution in [3.05, 3.63) is 35.6 Å². The van der Waals surface area contributed by atoms with Gasteiger partial charge in [0, 0.05) is 19.6 Å². The number of nitrogens with zero attached hydrogens (tertiary/aromatic N) is 1. The zero-order valence-corrected chi connectivity index (χ0v) is 10.7. The van der Waals surface area contributed by atoms with Crippen LogP contribution in [-0.2, 0) is 15.8 Å². The number of likely N-dealkylation sites (N-methyl/N-ethyl adjacent to an activating group) is 1. The van der Waals surface area contributed by atoms with E-state index in [0.29, 0.717) is 5.56 Å². The van der Waals surface area contributed by atoms with Crippen LogP contribution in [0.4, 0.5) is 4.39 Å². The van der Waals surface area contributed by atoms with Crippen molar-refractivity contribution in [1.29, 1.82) is 0 Å². The van der Waals surface area contributed by atoms with Crippen LogP contribution in [0.25, 0.3) is 0 Å². The van der Waals surface area contributed by atoms with Crippen LogP contribution in [-0.4, -0.2) is 32.4 Å². The first kappa shape index (κ1) is 14.1. The zero-order chi connectivity index (χ0) is 13.1. The van der Waals surface area contributed by atoms with E-state index in [9.17, 15) is 12.8 Å². The van der Waals surface area contributed by atoms with Gasteiger partial charge in [-0.3, -0.25) is 0 Å². The molecule has 1 rings (SSSR count). The van der Waals surface area contributed by atoms with Crippen LogP contribution in [0, 0.1) is 5.82 Å². The Balaban J connectivity index is 2.87. The topological polar surface area (TPSA) is 63.4 Å². The molecule has 1 atom stereocenters. The van der Waals surface area contributed by atoms with Crippen LogP contribution in [0.2, 0.25) is 0 Å². The second-order valence-electron chi connectivity index (χ2n) is 3.99. The van der Waals surface area contributed by atoms with E-state index in [0.717, 1.165) is 0 Å². The minimum absolute atomic E-state index is 0.217. The van der Waals surface area contributed by atoms with Gasteiger partial charge in [-0.2, -0.15) is 0 Å². The molecule has 0 aliphatic heterocycles. The Hall–Kier alpha value is -0.980. The van der Waals surface area contributed by atoms with Gasteiger partial charge in [-0.25, -0.2) is 17.1 Å². The maximum atomic E-state index is 12.9. The molecule has 1 aromatic rings. The van der Waals surface area contributed by atoms with Gasteiger partial charge < -0.3 is 5.73 Å². The van der Waals surface area contributed by atoms with Crippen molar-refractivity contribution in [2.45, 2.75) is 18.7 Å². The Labute approximate surface area is 101 Å². The summed E-state index contributed by atoms with van der Waals surface area (Å²) in [6.45, 7) is 1.97. The van der Waals surface area contributed by atoms with Crippen LogP contribution < -0.4 is 5.73 Å². The van der Waals surface area contributed by atoms with Gasteiger partial charge in [-0.1, -0.05) is 12.1 Å². The van der Waals surface area contributed by atoms with E-state index in [-0.39, 0.29) is 18.3 Å². The lowest BCUT2D eigenvalue weighted by Gasteiger charge is -2.22. The van der Waals surface area contributed by atoms with E-state index in [1.165, 1.54) is 29.6 Å². The average molecular weight is 260 g/mol. The molecule has 4 nitrogen and oxygen atoms in total. The number of rotatable bonds is 5. The predicted molar refractivity (Wildman–Crippen MR) is 65.3 cm³/mol. The SMILES string of the molecule is CC(CN)N(C)S(=O)(=O)Cc1cccc(F)c1. The second-order valence-corrected chi connectivity index (χ2v) is 6.02. The third-order valence-corrected chi connectivity index (χ3v) is 4.57.